The number of nitrogens with one attached hydrogen (secondary N) is 2. The second-order valence-electron chi connectivity index (χ2n) is 6.53. The number of benzene rings is 2. The molecule has 0 saturated carbocycles. The predicted octanol–water partition coefficient (Wildman–Crippen LogP) is 4.48. The van der Waals surface area contributed by atoms with Gasteiger partial charge in [-0.05, 0) is 30.5 Å². The number of aromatic amines is 1. The molecule has 1 aromatic heterocycles. The third kappa shape index (κ3) is 3.61. The summed E-state index contributed by atoms with van der Waals surface area (Å²) in [5, 5.41) is 3.63. The van der Waals surface area contributed by atoms with Crippen LogP contribution < -0.4 is 5.32 Å². The highest BCUT2D eigenvalue weighted by Crippen LogP contribution is 2.24. The fraction of sp³-hybridized carbons (Fsp3) is 0.238. The monoisotopic (exact) mass is 350 g/mol. The first kappa shape index (κ1) is 17.7. The van der Waals surface area contributed by atoms with Crippen molar-refractivity contribution in [2.45, 2.75) is 32.8 Å². The van der Waals surface area contributed by atoms with E-state index in [4.69, 9.17) is 4.74 Å². The molecule has 0 saturated heterocycles. The Bertz CT molecular complexity index is 943. The second kappa shape index (κ2) is 7.44. The summed E-state index contributed by atoms with van der Waals surface area (Å²) in [6.45, 7) is 5.69. The van der Waals surface area contributed by atoms with E-state index in [1.165, 1.54) is 0 Å². The molecule has 2 N–H and O–H groups in total. The molecule has 1 amide bonds. The number of rotatable bonds is 5. The van der Waals surface area contributed by atoms with Gasteiger partial charge in [-0.1, -0.05) is 50.2 Å². The highest BCUT2D eigenvalue weighted by Gasteiger charge is 2.22. The Hall–Kier alpha value is -3.08. The normalized spacial score (nSPS) is 12.2. The number of fused-ring (bicyclic) bond motifs is 1. The van der Waals surface area contributed by atoms with E-state index in [1.54, 1.807) is 13.1 Å². The van der Waals surface area contributed by atoms with Crippen molar-refractivity contribution in [1.29, 1.82) is 0 Å². The second-order valence-corrected chi connectivity index (χ2v) is 6.53. The minimum absolute atomic E-state index is 0.274. The molecule has 0 aliphatic rings. The lowest BCUT2D eigenvalue weighted by Gasteiger charge is -2.17. The van der Waals surface area contributed by atoms with E-state index in [-0.39, 0.29) is 11.8 Å². The molecular formula is C21H22N2O3. The van der Waals surface area contributed by atoms with Crippen molar-refractivity contribution in [2.75, 3.05) is 5.32 Å². The Morgan fingerprint density at radius 2 is 1.69 bits per heavy atom. The standard InChI is InChI=1S/C21H22N2O3/c1-13(2)15-8-4-7-11-19(15)23-20(24)14(3)26-21(25)17-12-22-18-10-6-5-9-16(17)18/h4-14,22H,1-3H3,(H,23,24)/t14-/m0/s1. The number of ether oxygens (including phenoxy) is 1. The van der Waals surface area contributed by atoms with Crippen LogP contribution in [-0.4, -0.2) is 23.0 Å². The van der Waals surface area contributed by atoms with Gasteiger partial charge in [-0.15, -0.1) is 0 Å². The van der Waals surface area contributed by atoms with E-state index in [1.807, 2.05) is 48.5 Å². The molecule has 134 valence electrons. The average molecular weight is 350 g/mol. The molecule has 0 fully saturated rings. The Morgan fingerprint density at radius 1 is 1.00 bits per heavy atom. The molecule has 26 heavy (non-hydrogen) atoms. The number of esters is 1. The van der Waals surface area contributed by atoms with Crippen LogP contribution in [0.4, 0.5) is 5.69 Å². The molecule has 5 heteroatoms. The number of para-hydroxylation sites is 2. The molecule has 0 aliphatic heterocycles. The summed E-state index contributed by atoms with van der Waals surface area (Å²) < 4.78 is 5.37. The number of carbonyl (C=O) groups excluding carboxylic acids is 2. The van der Waals surface area contributed by atoms with Crippen molar-refractivity contribution in [2.24, 2.45) is 0 Å². The lowest BCUT2D eigenvalue weighted by molar-refractivity contribution is -0.123. The molecular weight excluding hydrogens is 328 g/mol. The van der Waals surface area contributed by atoms with Gasteiger partial charge in [0.1, 0.15) is 0 Å². The molecule has 0 bridgehead atoms. The summed E-state index contributed by atoms with van der Waals surface area (Å²) in [5.74, 6) is -0.607. The number of hydrogen-bond acceptors (Lipinski definition) is 3. The van der Waals surface area contributed by atoms with Crippen molar-refractivity contribution in [1.82, 2.24) is 4.98 Å². The summed E-state index contributed by atoms with van der Waals surface area (Å²) >= 11 is 0. The summed E-state index contributed by atoms with van der Waals surface area (Å²) in [5.41, 5.74) is 3.05. The molecule has 5 nitrogen and oxygen atoms in total. The van der Waals surface area contributed by atoms with Crippen LogP contribution in [0.15, 0.2) is 54.7 Å². The lowest BCUT2D eigenvalue weighted by Crippen LogP contribution is -2.30. The van der Waals surface area contributed by atoms with Crippen LogP contribution in [0, 0.1) is 0 Å². The van der Waals surface area contributed by atoms with Crippen LogP contribution in [0.1, 0.15) is 42.6 Å². The van der Waals surface area contributed by atoms with Gasteiger partial charge in [-0.3, -0.25) is 4.79 Å². The van der Waals surface area contributed by atoms with Gasteiger partial charge in [0.05, 0.1) is 5.56 Å². The largest absolute Gasteiger partial charge is 0.449 e. The quantitative estimate of drug-likeness (QED) is 0.667. The maximum atomic E-state index is 12.5. The first-order valence-corrected chi connectivity index (χ1v) is 8.64. The highest BCUT2D eigenvalue weighted by molar-refractivity contribution is 6.05. The van der Waals surface area contributed by atoms with E-state index in [9.17, 15) is 9.59 Å². The summed E-state index contributed by atoms with van der Waals surface area (Å²) in [7, 11) is 0. The van der Waals surface area contributed by atoms with Crippen molar-refractivity contribution in [3.05, 3.63) is 65.9 Å². The van der Waals surface area contributed by atoms with Crippen LogP contribution in [0.5, 0.6) is 0 Å². The highest BCUT2D eigenvalue weighted by atomic mass is 16.5. The van der Waals surface area contributed by atoms with Crippen molar-refractivity contribution in [3.8, 4) is 0 Å². The van der Waals surface area contributed by atoms with E-state index < -0.39 is 12.1 Å². The molecule has 0 aliphatic carbocycles. The Labute approximate surface area is 152 Å². The van der Waals surface area contributed by atoms with E-state index in [0.29, 0.717) is 5.56 Å². The molecule has 0 radical (unpaired) electrons. The molecule has 1 atom stereocenters. The van der Waals surface area contributed by atoms with Gasteiger partial charge in [0.25, 0.3) is 5.91 Å². The first-order chi connectivity index (χ1) is 12.5. The molecule has 1 heterocycles. The van der Waals surface area contributed by atoms with Crippen LogP contribution in [0.2, 0.25) is 0 Å². The van der Waals surface area contributed by atoms with Crippen molar-refractivity contribution in [3.63, 3.8) is 0 Å². The molecule has 3 rings (SSSR count). The van der Waals surface area contributed by atoms with Gasteiger partial charge >= 0.3 is 5.97 Å². The maximum Gasteiger partial charge on any atom is 0.341 e. The number of H-pyrrole nitrogens is 1. The minimum Gasteiger partial charge on any atom is -0.449 e. The fourth-order valence-electron chi connectivity index (χ4n) is 2.87. The van der Waals surface area contributed by atoms with Crippen molar-refractivity contribution >= 4 is 28.5 Å². The molecule has 0 unspecified atom stereocenters. The topological polar surface area (TPSA) is 71.2 Å². The first-order valence-electron chi connectivity index (χ1n) is 8.64. The average Bonchev–Trinajstić information content (AvgIpc) is 3.06. The molecule has 0 spiro atoms. The third-order valence-electron chi connectivity index (χ3n) is 4.30. The maximum absolute atomic E-state index is 12.5. The van der Waals surface area contributed by atoms with Gasteiger partial charge in [-0.2, -0.15) is 0 Å². The van der Waals surface area contributed by atoms with E-state index in [0.717, 1.165) is 22.2 Å². The van der Waals surface area contributed by atoms with Gasteiger partial charge in [0, 0.05) is 22.8 Å². The zero-order valence-corrected chi connectivity index (χ0v) is 15.1. The van der Waals surface area contributed by atoms with E-state index >= 15 is 0 Å². The lowest BCUT2D eigenvalue weighted by atomic mass is 10.0. The van der Waals surface area contributed by atoms with Gasteiger partial charge in [0.15, 0.2) is 6.10 Å². The minimum atomic E-state index is -0.906. The predicted molar refractivity (Wildman–Crippen MR) is 102 cm³/mol. The SMILES string of the molecule is CC(C)c1ccccc1NC(=O)[C@H](C)OC(=O)c1c[nH]c2ccccc12. The molecule has 3 aromatic rings. The van der Waals surface area contributed by atoms with Crippen molar-refractivity contribution < 1.29 is 14.3 Å². The van der Waals surface area contributed by atoms with Crippen LogP contribution >= 0.6 is 0 Å². The zero-order chi connectivity index (χ0) is 18.7. The number of carbonyl (C=O) groups is 2. The number of hydrogen-bond donors (Lipinski definition) is 2. The third-order valence-corrected chi connectivity index (χ3v) is 4.30. The Balaban J connectivity index is 1.71. The summed E-state index contributed by atoms with van der Waals surface area (Å²) in [6, 6.07) is 15.1. The van der Waals surface area contributed by atoms with Gasteiger partial charge < -0.3 is 15.0 Å². The number of aromatic nitrogens is 1. The Kier molecular flexibility index (Phi) is 5.07. The fourth-order valence-corrected chi connectivity index (χ4v) is 2.87. The molecule has 2 aromatic carbocycles. The summed E-state index contributed by atoms with van der Waals surface area (Å²) in [4.78, 5) is 27.9. The van der Waals surface area contributed by atoms with E-state index in [2.05, 4.69) is 24.1 Å². The van der Waals surface area contributed by atoms with Crippen LogP contribution in [0.3, 0.4) is 0 Å². The van der Waals surface area contributed by atoms with Crippen LogP contribution in [0.25, 0.3) is 10.9 Å². The van der Waals surface area contributed by atoms with Gasteiger partial charge in [-0.25, -0.2) is 4.79 Å². The summed E-state index contributed by atoms with van der Waals surface area (Å²) in [6.07, 6.45) is 0.697. The zero-order valence-electron chi connectivity index (χ0n) is 15.1. The van der Waals surface area contributed by atoms with Gasteiger partial charge in [0.2, 0.25) is 0 Å². The number of amides is 1. The van der Waals surface area contributed by atoms with Crippen LogP contribution in [-0.2, 0) is 9.53 Å². The Morgan fingerprint density at radius 3 is 2.46 bits per heavy atom. The smallest absolute Gasteiger partial charge is 0.341 e. The number of anilines is 1.